The van der Waals surface area contributed by atoms with Gasteiger partial charge in [0, 0.05) is 13.0 Å². The lowest BCUT2D eigenvalue weighted by Gasteiger charge is -2.03. The first-order chi connectivity index (χ1) is 11.7. The van der Waals surface area contributed by atoms with E-state index in [0.717, 1.165) is 5.56 Å². The number of nitrogens with zero attached hydrogens (tertiary/aromatic N) is 2. The fraction of sp³-hybridized carbons (Fsp3) is 0.167. The third kappa shape index (κ3) is 4.20. The van der Waals surface area contributed by atoms with E-state index >= 15 is 0 Å². The maximum absolute atomic E-state index is 11.9. The second-order valence-corrected chi connectivity index (χ2v) is 5.65. The fourth-order valence-corrected chi connectivity index (χ4v) is 2.47. The van der Waals surface area contributed by atoms with Crippen LogP contribution in [0, 0.1) is 0 Å². The molecular weight excluding hydrogens is 326 g/mol. The van der Waals surface area contributed by atoms with Crippen molar-refractivity contribution >= 4 is 17.5 Å². The van der Waals surface area contributed by atoms with E-state index in [1.54, 1.807) is 6.07 Å². The van der Waals surface area contributed by atoms with Crippen LogP contribution in [0.25, 0.3) is 11.5 Å². The summed E-state index contributed by atoms with van der Waals surface area (Å²) in [6.07, 6.45) is 0.827. The summed E-state index contributed by atoms with van der Waals surface area (Å²) < 4.78 is 5.59. The minimum atomic E-state index is -0.0351. The molecule has 0 aliphatic heterocycles. The van der Waals surface area contributed by atoms with Crippen LogP contribution < -0.4 is 5.32 Å². The van der Waals surface area contributed by atoms with Crippen molar-refractivity contribution in [1.82, 2.24) is 15.5 Å². The Morgan fingerprint density at radius 1 is 1.04 bits per heavy atom. The molecule has 0 aliphatic carbocycles. The van der Waals surface area contributed by atoms with E-state index in [4.69, 9.17) is 16.0 Å². The molecule has 2 aromatic carbocycles. The molecule has 0 spiro atoms. The summed E-state index contributed by atoms with van der Waals surface area (Å²) in [4.78, 5) is 11.9. The van der Waals surface area contributed by atoms with Crippen LogP contribution in [0.15, 0.2) is 59.0 Å². The predicted molar refractivity (Wildman–Crippen MR) is 91.6 cm³/mol. The third-order valence-corrected chi connectivity index (χ3v) is 3.77. The maximum Gasteiger partial charge on any atom is 0.249 e. The molecule has 0 fully saturated rings. The molecule has 0 atom stereocenters. The highest BCUT2D eigenvalue weighted by Gasteiger charge is 2.11. The molecule has 0 radical (unpaired) electrons. The van der Waals surface area contributed by atoms with E-state index in [2.05, 4.69) is 15.5 Å². The van der Waals surface area contributed by atoms with E-state index in [-0.39, 0.29) is 5.91 Å². The van der Waals surface area contributed by atoms with E-state index in [1.165, 1.54) is 0 Å². The van der Waals surface area contributed by atoms with Gasteiger partial charge in [-0.15, -0.1) is 10.2 Å². The smallest absolute Gasteiger partial charge is 0.249 e. The van der Waals surface area contributed by atoms with Crippen LogP contribution in [-0.2, 0) is 17.6 Å². The Balaban J connectivity index is 1.51. The molecule has 0 aliphatic rings. The first-order valence-electron chi connectivity index (χ1n) is 7.60. The molecule has 1 N–H and O–H groups in total. The standard InChI is InChI=1S/C18H16ClN3O2/c19-15-9-5-4-8-14(15)18-22-21-17(24-18)10-11-20-16(23)12-13-6-2-1-3-7-13/h1-9H,10-12H2,(H,20,23). The number of rotatable bonds is 6. The number of carbonyl (C=O) groups is 1. The number of aromatic nitrogens is 2. The molecule has 1 heterocycles. The van der Waals surface area contributed by atoms with Crippen molar-refractivity contribution in [3.8, 4) is 11.5 Å². The highest BCUT2D eigenvalue weighted by atomic mass is 35.5. The average Bonchev–Trinajstić information content (AvgIpc) is 3.05. The van der Waals surface area contributed by atoms with Crippen LogP contribution in [0.5, 0.6) is 0 Å². The number of hydrogen-bond acceptors (Lipinski definition) is 4. The monoisotopic (exact) mass is 341 g/mol. The highest BCUT2D eigenvalue weighted by molar-refractivity contribution is 6.33. The van der Waals surface area contributed by atoms with Gasteiger partial charge in [0.2, 0.25) is 17.7 Å². The number of nitrogens with one attached hydrogen (secondary N) is 1. The molecule has 1 aromatic heterocycles. The van der Waals surface area contributed by atoms with E-state index in [0.29, 0.717) is 41.8 Å². The van der Waals surface area contributed by atoms with Crippen molar-refractivity contribution in [2.24, 2.45) is 0 Å². The molecule has 5 nitrogen and oxygen atoms in total. The van der Waals surface area contributed by atoms with Crippen LogP contribution in [-0.4, -0.2) is 22.6 Å². The fourth-order valence-electron chi connectivity index (χ4n) is 2.25. The first kappa shape index (κ1) is 16.2. The molecule has 3 aromatic rings. The van der Waals surface area contributed by atoms with Gasteiger partial charge in [0.15, 0.2) is 0 Å². The normalized spacial score (nSPS) is 10.5. The van der Waals surface area contributed by atoms with Crippen molar-refractivity contribution in [2.45, 2.75) is 12.8 Å². The lowest BCUT2D eigenvalue weighted by Crippen LogP contribution is -2.27. The molecular formula is C18H16ClN3O2. The molecule has 6 heteroatoms. The van der Waals surface area contributed by atoms with Crippen molar-refractivity contribution < 1.29 is 9.21 Å². The molecule has 0 bridgehead atoms. The van der Waals surface area contributed by atoms with Crippen molar-refractivity contribution in [1.29, 1.82) is 0 Å². The Morgan fingerprint density at radius 2 is 1.79 bits per heavy atom. The maximum atomic E-state index is 11.9. The summed E-state index contributed by atoms with van der Waals surface area (Å²) in [6.45, 7) is 0.440. The second-order valence-electron chi connectivity index (χ2n) is 5.24. The van der Waals surface area contributed by atoms with Gasteiger partial charge in [-0.2, -0.15) is 0 Å². The Labute approximate surface area is 144 Å². The SMILES string of the molecule is O=C(Cc1ccccc1)NCCc1nnc(-c2ccccc2Cl)o1. The number of carbonyl (C=O) groups excluding carboxylic acids is 1. The molecule has 0 saturated carbocycles. The van der Waals surface area contributed by atoms with Gasteiger partial charge in [0.25, 0.3) is 0 Å². The minimum absolute atomic E-state index is 0.0351. The van der Waals surface area contributed by atoms with Crippen molar-refractivity contribution in [3.63, 3.8) is 0 Å². The quantitative estimate of drug-likeness (QED) is 0.747. The van der Waals surface area contributed by atoms with Gasteiger partial charge in [0.1, 0.15) is 0 Å². The summed E-state index contributed by atoms with van der Waals surface area (Å²) in [5.41, 5.74) is 1.68. The zero-order chi connectivity index (χ0) is 16.8. The van der Waals surface area contributed by atoms with Gasteiger partial charge in [-0.3, -0.25) is 4.79 Å². The second kappa shape index (κ2) is 7.75. The third-order valence-electron chi connectivity index (χ3n) is 3.44. The summed E-state index contributed by atoms with van der Waals surface area (Å²) in [7, 11) is 0. The predicted octanol–water partition coefficient (Wildman–Crippen LogP) is 3.29. The number of amides is 1. The summed E-state index contributed by atoms with van der Waals surface area (Å²) in [5, 5.41) is 11.4. The van der Waals surface area contributed by atoms with Gasteiger partial charge in [0.05, 0.1) is 17.0 Å². The van der Waals surface area contributed by atoms with Gasteiger partial charge in [-0.1, -0.05) is 54.1 Å². The Morgan fingerprint density at radius 3 is 2.58 bits per heavy atom. The van der Waals surface area contributed by atoms with Crippen LogP contribution in [0.1, 0.15) is 11.5 Å². The zero-order valence-corrected chi connectivity index (χ0v) is 13.7. The lowest BCUT2D eigenvalue weighted by molar-refractivity contribution is -0.120. The van der Waals surface area contributed by atoms with Crippen molar-refractivity contribution in [3.05, 3.63) is 71.1 Å². The topological polar surface area (TPSA) is 68.0 Å². The summed E-state index contributed by atoms with van der Waals surface area (Å²) in [6, 6.07) is 16.9. The van der Waals surface area contributed by atoms with E-state index in [1.807, 2.05) is 48.5 Å². The van der Waals surface area contributed by atoms with E-state index < -0.39 is 0 Å². The molecule has 3 rings (SSSR count). The van der Waals surface area contributed by atoms with Gasteiger partial charge >= 0.3 is 0 Å². The Hall–Kier alpha value is -2.66. The Kier molecular flexibility index (Phi) is 5.23. The minimum Gasteiger partial charge on any atom is -0.421 e. The molecule has 122 valence electrons. The number of halogens is 1. The van der Waals surface area contributed by atoms with Gasteiger partial charge < -0.3 is 9.73 Å². The molecule has 0 unspecified atom stereocenters. The molecule has 0 saturated heterocycles. The number of hydrogen-bond donors (Lipinski definition) is 1. The first-order valence-corrected chi connectivity index (χ1v) is 7.98. The van der Waals surface area contributed by atoms with Gasteiger partial charge in [-0.05, 0) is 17.7 Å². The molecule has 1 amide bonds. The average molecular weight is 342 g/mol. The largest absolute Gasteiger partial charge is 0.421 e. The summed E-state index contributed by atoms with van der Waals surface area (Å²) >= 11 is 6.11. The van der Waals surface area contributed by atoms with Crippen LogP contribution >= 0.6 is 11.6 Å². The lowest BCUT2D eigenvalue weighted by atomic mass is 10.1. The zero-order valence-electron chi connectivity index (χ0n) is 12.9. The van der Waals surface area contributed by atoms with Gasteiger partial charge in [-0.25, -0.2) is 0 Å². The number of benzene rings is 2. The van der Waals surface area contributed by atoms with Crippen LogP contribution in [0.2, 0.25) is 5.02 Å². The van der Waals surface area contributed by atoms with E-state index in [9.17, 15) is 4.79 Å². The van der Waals surface area contributed by atoms with Crippen molar-refractivity contribution in [2.75, 3.05) is 6.54 Å². The highest BCUT2D eigenvalue weighted by Crippen LogP contribution is 2.26. The summed E-state index contributed by atoms with van der Waals surface area (Å²) in [5.74, 6) is 0.809. The van der Waals surface area contributed by atoms with Crippen LogP contribution in [0.3, 0.4) is 0 Å². The van der Waals surface area contributed by atoms with Crippen LogP contribution in [0.4, 0.5) is 0 Å². The molecule has 24 heavy (non-hydrogen) atoms. The Bertz CT molecular complexity index is 818.